The summed E-state index contributed by atoms with van der Waals surface area (Å²) in [6, 6.07) is 6.00. The largest absolute Gasteiger partial charge is 0.493 e. The number of fused-ring (bicyclic) bond motifs is 1. The van der Waals surface area contributed by atoms with Gasteiger partial charge in [-0.05, 0) is 56.9 Å². The molecule has 0 saturated heterocycles. The van der Waals surface area contributed by atoms with E-state index >= 15 is 0 Å². The van der Waals surface area contributed by atoms with E-state index in [0.717, 1.165) is 36.7 Å². The average molecular weight is 341 g/mol. The molecule has 1 aliphatic heterocycles. The highest BCUT2D eigenvalue weighted by Gasteiger charge is 2.22. The fraction of sp³-hybridized carbons (Fsp3) is 0.500. The number of carbonyl (C=O) groups is 1. The summed E-state index contributed by atoms with van der Waals surface area (Å²) in [6.07, 6.45) is 4.68. The third kappa shape index (κ3) is 4.41. The minimum atomic E-state index is 0.0317. The van der Waals surface area contributed by atoms with Gasteiger partial charge in [0.25, 0.3) is 0 Å². The molecule has 1 aromatic carbocycles. The predicted molar refractivity (Wildman–Crippen MR) is 98.0 cm³/mol. The molecule has 1 amide bonds. The van der Waals surface area contributed by atoms with Gasteiger partial charge in [-0.2, -0.15) is 0 Å². The van der Waals surface area contributed by atoms with Crippen LogP contribution in [0.25, 0.3) is 0 Å². The van der Waals surface area contributed by atoms with Crippen molar-refractivity contribution in [1.82, 2.24) is 14.9 Å². The van der Waals surface area contributed by atoms with Crippen LogP contribution in [0.5, 0.6) is 5.75 Å². The van der Waals surface area contributed by atoms with Crippen molar-refractivity contribution in [2.45, 2.75) is 52.5 Å². The standard InChI is InChI=1S/C20H27N3O2/c1-14-6-7-18(11-15(14)2)25-10-8-19(24)21-12-17-5-4-9-23-13-16(3)22-20(17)23/h6-7,11,13,17H,4-5,8-10,12H2,1-3H3,(H,21,24). The summed E-state index contributed by atoms with van der Waals surface area (Å²) in [5, 5.41) is 3.04. The molecule has 0 spiro atoms. The number of nitrogens with one attached hydrogen (secondary N) is 1. The highest BCUT2D eigenvalue weighted by atomic mass is 16.5. The zero-order chi connectivity index (χ0) is 17.8. The van der Waals surface area contributed by atoms with Gasteiger partial charge < -0.3 is 14.6 Å². The van der Waals surface area contributed by atoms with Crippen LogP contribution >= 0.6 is 0 Å². The fourth-order valence-corrected chi connectivity index (χ4v) is 3.29. The van der Waals surface area contributed by atoms with Crippen LogP contribution in [0.1, 0.15) is 47.8 Å². The van der Waals surface area contributed by atoms with E-state index in [1.165, 1.54) is 11.1 Å². The van der Waals surface area contributed by atoms with Crippen molar-refractivity contribution < 1.29 is 9.53 Å². The molecule has 1 N–H and O–H groups in total. The summed E-state index contributed by atoms with van der Waals surface area (Å²) < 4.78 is 7.91. The lowest BCUT2D eigenvalue weighted by atomic mass is 9.99. The monoisotopic (exact) mass is 341 g/mol. The zero-order valence-corrected chi connectivity index (χ0v) is 15.3. The van der Waals surface area contributed by atoms with E-state index in [4.69, 9.17) is 4.74 Å². The molecule has 1 aliphatic rings. The Labute approximate surface area is 149 Å². The normalized spacial score (nSPS) is 16.4. The first-order chi connectivity index (χ1) is 12.0. The second-order valence-electron chi connectivity index (χ2n) is 6.92. The molecular weight excluding hydrogens is 314 g/mol. The number of hydrogen-bond acceptors (Lipinski definition) is 3. The molecule has 0 aliphatic carbocycles. The zero-order valence-electron chi connectivity index (χ0n) is 15.3. The lowest BCUT2D eigenvalue weighted by molar-refractivity contribution is -0.121. The van der Waals surface area contributed by atoms with Crippen molar-refractivity contribution in [3.8, 4) is 5.75 Å². The Morgan fingerprint density at radius 3 is 2.96 bits per heavy atom. The molecule has 5 nitrogen and oxygen atoms in total. The van der Waals surface area contributed by atoms with E-state index in [9.17, 15) is 4.79 Å². The summed E-state index contributed by atoms with van der Waals surface area (Å²) >= 11 is 0. The molecule has 2 aromatic rings. The van der Waals surface area contributed by atoms with Gasteiger partial charge in [0.15, 0.2) is 0 Å². The van der Waals surface area contributed by atoms with Gasteiger partial charge in [0, 0.05) is 25.2 Å². The lowest BCUT2D eigenvalue weighted by Gasteiger charge is -2.23. The van der Waals surface area contributed by atoms with Crippen LogP contribution in [-0.4, -0.2) is 28.6 Å². The minimum Gasteiger partial charge on any atom is -0.493 e. The number of ether oxygens (including phenoxy) is 1. The van der Waals surface area contributed by atoms with Crippen LogP contribution in [0.15, 0.2) is 24.4 Å². The third-order valence-electron chi connectivity index (χ3n) is 4.87. The molecule has 5 heteroatoms. The number of nitrogens with zero attached hydrogens (tertiary/aromatic N) is 2. The Kier molecular flexibility index (Phi) is 5.41. The van der Waals surface area contributed by atoms with Crippen LogP contribution in [0.2, 0.25) is 0 Å². The number of amides is 1. The highest BCUT2D eigenvalue weighted by molar-refractivity contribution is 5.76. The first-order valence-electron chi connectivity index (χ1n) is 9.03. The average Bonchev–Trinajstić information content (AvgIpc) is 2.97. The van der Waals surface area contributed by atoms with Gasteiger partial charge in [-0.1, -0.05) is 6.07 Å². The molecule has 25 heavy (non-hydrogen) atoms. The molecule has 134 valence electrons. The topological polar surface area (TPSA) is 56.2 Å². The Balaban J connectivity index is 1.43. The van der Waals surface area contributed by atoms with Crippen LogP contribution in [0, 0.1) is 20.8 Å². The third-order valence-corrected chi connectivity index (χ3v) is 4.87. The second-order valence-corrected chi connectivity index (χ2v) is 6.92. The van der Waals surface area contributed by atoms with Crippen LogP contribution < -0.4 is 10.1 Å². The fourth-order valence-electron chi connectivity index (χ4n) is 3.29. The number of benzene rings is 1. The van der Waals surface area contributed by atoms with Crippen molar-refractivity contribution in [3.05, 3.63) is 47.0 Å². The predicted octanol–water partition coefficient (Wildman–Crippen LogP) is 3.27. The smallest absolute Gasteiger partial charge is 0.223 e. The van der Waals surface area contributed by atoms with Crippen LogP contribution in [-0.2, 0) is 11.3 Å². The van der Waals surface area contributed by atoms with E-state index in [1.54, 1.807) is 0 Å². The van der Waals surface area contributed by atoms with Gasteiger partial charge in [0.2, 0.25) is 5.91 Å². The minimum absolute atomic E-state index is 0.0317. The number of carbonyl (C=O) groups excluding carboxylic acids is 1. The van der Waals surface area contributed by atoms with Gasteiger partial charge in [0.05, 0.1) is 18.7 Å². The first kappa shape index (κ1) is 17.5. The molecular formula is C20H27N3O2. The van der Waals surface area contributed by atoms with Crippen molar-refractivity contribution in [3.63, 3.8) is 0 Å². The lowest BCUT2D eigenvalue weighted by Crippen LogP contribution is -2.32. The van der Waals surface area contributed by atoms with Crippen LogP contribution in [0.3, 0.4) is 0 Å². The summed E-state index contributed by atoms with van der Waals surface area (Å²) in [6.45, 7) is 8.23. The Morgan fingerprint density at radius 2 is 2.16 bits per heavy atom. The quantitative estimate of drug-likeness (QED) is 0.877. The number of hydrogen-bond donors (Lipinski definition) is 1. The maximum atomic E-state index is 12.1. The maximum Gasteiger partial charge on any atom is 0.223 e. The molecule has 1 atom stereocenters. The van der Waals surface area contributed by atoms with Gasteiger partial charge in [-0.25, -0.2) is 4.98 Å². The number of aromatic nitrogens is 2. The summed E-state index contributed by atoms with van der Waals surface area (Å²) in [5.41, 5.74) is 3.49. The van der Waals surface area contributed by atoms with E-state index in [1.807, 2.05) is 25.1 Å². The number of aryl methyl sites for hydroxylation is 4. The molecule has 0 radical (unpaired) electrons. The molecule has 1 unspecified atom stereocenters. The van der Waals surface area contributed by atoms with E-state index in [0.29, 0.717) is 25.5 Å². The molecule has 3 rings (SSSR count). The second kappa shape index (κ2) is 7.72. The SMILES string of the molecule is Cc1cn2c(n1)C(CNC(=O)CCOc1ccc(C)c(C)c1)CCC2. The van der Waals surface area contributed by atoms with Crippen molar-refractivity contribution >= 4 is 5.91 Å². The van der Waals surface area contributed by atoms with Gasteiger partial charge in [-0.15, -0.1) is 0 Å². The Morgan fingerprint density at radius 1 is 1.32 bits per heavy atom. The van der Waals surface area contributed by atoms with E-state index in [2.05, 4.69) is 34.9 Å². The van der Waals surface area contributed by atoms with E-state index in [-0.39, 0.29) is 5.91 Å². The number of rotatable bonds is 6. The van der Waals surface area contributed by atoms with Crippen molar-refractivity contribution in [2.75, 3.05) is 13.2 Å². The van der Waals surface area contributed by atoms with Crippen molar-refractivity contribution in [2.24, 2.45) is 0 Å². The summed E-state index contributed by atoms with van der Waals surface area (Å²) in [7, 11) is 0. The summed E-state index contributed by atoms with van der Waals surface area (Å²) in [5.74, 6) is 2.27. The Bertz CT molecular complexity index is 751. The highest BCUT2D eigenvalue weighted by Crippen LogP contribution is 2.26. The van der Waals surface area contributed by atoms with Gasteiger partial charge in [-0.3, -0.25) is 4.79 Å². The van der Waals surface area contributed by atoms with Gasteiger partial charge >= 0.3 is 0 Å². The van der Waals surface area contributed by atoms with Crippen molar-refractivity contribution in [1.29, 1.82) is 0 Å². The molecule has 0 saturated carbocycles. The van der Waals surface area contributed by atoms with Crippen LogP contribution in [0.4, 0.5) is 0 Å². The number of imidazole rings is 1. The maximum absolute atomic E-state index is 12.1. The molecule has 0 fully saturated rings. The molecule has 2 heterocycles. The molecule has 1 aromatic heterocycles. The molecule has 0 bridgehead atoms. The van der Waals surface area contributed by atoms with E-state index < -0.39 is 0 Å². The first-order valence-corrected chi connectivity index (χ1v) is 9.03. The van der Waals surface area contributed by atoms with Gasteiger partial charge in [0.1, 0.15) is 11.6 Å². The Hall–Kier alpha value is -2.30. The summed E-state index contributed by atoms with van der Waals surface area (Å²) in [4.78, 5) is 16.7.